The standard InChI is InChI=1S/C13H25N3OS/c1-5-6-11-12(9-14)18-13(15-11)16(4)7-8-17-10(2)3/h10H,5-9,14H2,1-4H3. The quantitative estimate of drug-likeness (QED) is 0.789. The second kappa shape index (κ2) is 7.71. The van der Waals surface area contributed by atoms with Gasteiger partial charge in [-0.05, 0) is 20.3 Å². The number of rotatable bonds is 8. The van der Waals surface area contributed by atoms with Crippen molar-refractivity contribution in [2.75, 3.05) is 25.1 Å². The Morgan fingerprint density at radius 3 is 2.72 bits per heavy atom. The number of anilines is 1. The molecule has 0 bridgehead atoms. The molecule has 0 atom stereocenters. The summed E-state index contributed by atoms with van der Waals surface area (Å²) in [7, 11) is 2.05. The maximum Gasteiger partial charge on any atom is 0.185 e. The van der Waals surface area contributed by atoms with Crippen LogP contribution in [0.5, 0.6) is 0 Å². The lowest BCUT2D eigenvalue weighted by molar-refractivity contribution is 0.0846. The minimum Gasteiger partial charge on any atom is -0.377 e. The minimum atomic E-state index is 0.282. The molecule has 1 heterocycles. The number of nitrogens with two attached hydrogens (primary N) is 1. The summed E-state index contributed by atoms with van der Waals surface area (Å²) >= 11 is 1.70. The van der Waals surface area contributed by atoms with Gasteiger partial charge in [-0.2, -0.15) is 0 Å². The molecule has 0 aliphatic carbocycles. The van der Waals surface area contributed by atoms with Crippen LogP contribution in [0.1, 0.15) is 37.8 Å². The summed E-state index contributed by atoms with van der Waals surface area (Å²) in [5.41, 5.74) is 6.92. The van der Waals surface area contributed by atoms with E-state index in [0.717, 1.165) is 36.8 Å². The Bertz CT molecular complexity index is 352. The number of nitrogens with zero attached hydrogens (tertiary/aromatic N) is 2. The first kappa shape index (κ1) is 15.4. The van der Waals surface area contributed by atoms with Crippen LogP contribution in [0.3, 0.4) is 0 Å². The number of thiazole rings is 1. The molecule has 0 aromatic carbocycles. The molecule has 0 aliphatic heterocycles. The average Bonchev–Trinajstić information content (AvgIpc) is 2.72. The summed E-state index contributed by atoms with van der Waals surface area (Å²) in [6, 6.07) is 0. The second-order valence-corrected chi connectivity index (χ2v) is 5.72. The lowest BCUT2D eigenvalue weighted by atomic mass is 10.2. The number of hydrogen-bond donors (Lipinski definition) is 1. The summed E-state index contributed by atoms with van der Waals surface area (Å²) in [4.78, 5) is 8.03. The summed E-state index contributed by atoms with van der Waals surface area (Å²) < 4.78 is 5.56. The fraction of sp³-hybridized carbons (Fsp3) is 0.769. The fourth-order valence-corrected chi connectivity index (χ4v) is 2.62. The van der Waals surface area contributed by atoms with Crippen LogP contribution in [0, 0.1) is 0 Å². The molecule has 0 aliphatic rings. The predicted octanol–water partition coefficient (Wildman–Crippen LogP) is 2.42. The molecule has 0 fully saturated rings. The summed E-state index contributed by atoms with van der Waals surface area (Å²) in [6.07, 6.45) is 2.40. The van der Waals surface area contributed by atoms with Crippen molar-refractivity contribution in [3.05, 3.63) is 10.6 Å². The zero-order valence-corrected chi connectivity index (χ0v) is 12.7. The molecule has 0 saturated heterocycles. The van der Waals surface area contributed by atoms with Gasteiger partial charge in [0.1, 0.15) is 0 Å². The highest BCUT2D eigenvalue weighted by atomic mass is 32.1. The van der Waals surface area contributed by atoms with E-state index in [4.69, 9.17) is 10.5 Å². The average molecular weight is 271 g/mol. The lowest BCUT2D eigenvalue weighted by Crippen LogP contribution is -2.23. The molecule has 0 radical (unpaired) electrons. The monoisotopic (exact) mass is 271 g/mol. The van der Waals surface area contributed by atoms with Crippen molar-refractivity contribution < 1.29 is 4.74 Å². The smallest absolute Gasteiger partial charge is 0.185 e. The van der Waals surface area contributed by atoms with Crippen LogP contribution < -0.4 is 10.6 Å². The molecule has 0 spiro atoms. The topological polar surface area (TPSA) is 51.4 Å². The number of ether oxygens (including phenoxy) is 1. The first-order chi connectivity index (χ1) is 8.58. The van der Waals surface area contributed by atoms with Gasteiger partial charge in [-0.3, -0.25) is 0 Å². The molecule has 1 aromatic rings. The Balaban J connectivity index is 2.59. The van der Waals surface area contributed by atoms with Gasteiger partial charge in [-0.15, -0.1) is 11.3 Å². The van der Waals surface area contributed by atoms with Gasteiger partial charge in [0.15, 0.2) is 5.13 Å². The molecule has 1 aromatic heterocycles. The van der Waals surface area contributed by atoms with Crippen molar-refractivity contribution in [2.45, 2.75) is 46.3 Å². The van der Waals surface area contributed by atoms with Gasteiger partial charge in [-0.1, -0.05) is 13.3 Å². The second-order valence-electron chi connectivity index (χ2n) is 4.66. The van der Waals surface area contributed by atoms with Crippen LogP contribution in [0.25, 0.3) is 0 Å². The molecule has 2 N–H and O–H groups in total. The van der Waals surface area contributed by atoms with Crippen LogP contribution in [0.4, 0.5) is 5.13 Å². The van der Waals surface area contributed by atoms with E-state index < -0.39 is 0 Å². The Morgan fingerprint density at radius 1 is 1.44 bits per heavy atom. The first-order valence-electron chi connectivity index (χ1n) is 6.59. The number of aryl methyl sites for hydroxylation is 1. The third-order valence-corrected chi connectivity index (χ3v) is 3.88. The summed E-state index contributed by atoms with van der Waals surface area (Å²) in [6.45, 7) is 8.45. The van der Waals surface area contributed by atoms with Crippen molar-refractivity contribution >= 4 is 16.5 Å². The van der Waals surface area contributed by atoms with E-state index in [1.165, 1.54) is 4.88 Å². The van der Waals surface area contributed by atoms with Crippen LogP contribution in [0.15, 0.2) is 0 Å². The first-order valence-corrected chi connectivity index (χ1v) is 7.41. The lowest BCUT2D eigenvalue weighted by Gasteiger charge is -2.16. The van der Waals surface area contributed by atoms with Gasteiger partial charge < -0.3 is 15.4 Å². The van der Waals surface area contributed by atoms with Gasteiger partial charge in [0.25, 0.3) is 0 Å². The number of likely N-dealkylation sites (N-methyl/N-ethyl adjacent to an activating group) is 1. The largest absolute Gasteiger partial charge is 0.377 e. The number of hydrogen-bond acceptors (Lipinski definition) is 5. The van der Waals surface area contributed by atoms with E-state index in [1.807, 2.05) is 0 Å². The fourth-order valence-electron chi connectivity index (χ4n) is 1.65. The number of aromatic nitrogens is 1. The van der Waals surface area contributed by atoms with E-state index in [0.29, 0.717) is 6.54 Å². The van der Waals surface area contributed by atoms with Gasteiger partial charge in [0, 0.05) is 25.0 Å². The molecule has 18 heavy (non-hydrogen) atoms. The predicted molar refractivity (Wildman–Crippen MR) is 78.4 cm³/mol. The van der Waals surface area contributed by atoms with Crippen LogP contribution in [-0.2, 0) is 17.7 Å². The van der Waals surface area contributed by atoms with Crippen LogP contribution in [-0.4, -0.2) is 31.3 Å². The molecule has 5 heteroatoms. The van der Waals surface area contributed by atoms with E-state index >= 15 is 0 Å². The van der Waals surface area contributed by atoms with Gasteiger partial charge in [0.2, 0.25) is 0 Å². The minimum absolute atomic E-state index is 0.282. The van der Waals surface area contributed by atoms with Gasteiger partial charge >= 0.3 is 0 Å². The Kier molecular flexibility index (Phi) is 6.60. The van der Waals surface area contributed by atoms with Crippen molar-refractivity contribution in [1.29, 1.82) is 0 Å². The highest BCUT2D eigenvalue weighted by Gasteiger charge is 2.12. The summed E-state index contributed by atoms with van der Waals surface area (Å²) in [5, 5.41) is 1.05. The third-order valence-electron chi connectivity index (χ3n) is 2.64. The third kappa shape index (κ3) is 4.55. The normalized spacial score (nSPS) is 11.2. The van der Waals surface area contributed by atoms with Crippen molar-refractivity contribution in [1.82, 2.24) is 4.98 Å². The molecule has 104 valence electrons. The maximum atomic E-state index is 5.76. The molecule has 0 amide bonds. The van der Waals surface area contributed by atoms with Crippen molar-refractivity contribution in [3.8, 4) is 0 Å². The van der Waals surface area contributed by atoms with Gasteiger partial charge in [-0.25, -0.2) is 4.98 Å². The zero-order chi connectivity index (χ0) is 13.5. The molecule has 0 saturated carbocycles. The molecule has 1 rings (SSSR count). The van der Waals surface area contributed by atoms with Crippen LogP contribution >= 0.6 is 11.3 Å². The van der Waals surface area contributed by atoms with E-state index in [-0.39, 0.29) is 6.10 Å². The zero-order valence-electron chi connectivity index (χ0n) is 11.9. The highest BCUT2D eigenvalue weighted by Crippen LogP contribution is 2.26. The van der Waals surface area contributed by atoms with Gasteiger partial charge in [0.05, 0.1) is 18.4 Å². The molecular weight excluding hydrogens is 246 g/mol. The van der Waals surface area contributed by atoms with Crippen LogP contribution in [0.2, 0.25) is 0 Å². The molecule has 0 unspecified atom stereocenters. The Morgan fingerprint density at radius 2 is 2.17 bits per heavy atom. The van der Waals surface area contributed by atoms with Crippen molar-refractivity contribution in [3.63, 3.8) is 0 Å². The summed E-state index contributed by atoms with van der Waals surface area (Å²) in [5.74, 6) is 0. The van der Waals surface area contributed by atoms with E-state index in [9.17, 15) is 0 Å². The van der Waals surface area contributed by atoms with E-state index in [2.05, 4.69) is 37.7 Å². The Labute approximate surface area is 114 Å². The van der Waals surface area contributed by atoms with E-state index in [1.54, 1.807) is 11.3 Å². The SMILES string of the molecule is CCCc1nc(N(C)CCOC(C)C)sc1CN. The van der Waals surface area contributed by atoms with Crippen molar-refractivity contribution in [2.24, 2.45) is 5.73 Å². The Hall–Kier alpha value is -0.650. The maximum absolute atomic E-state index is 5.76. The molecular formula is C13H25N3OS. The molecule has 4 nitrogen and oxygen atoms in total. The highest BCUT2D eigenvalue weighted by molar-refractivity contribution is 7.15.